The Kier molecular flexibility index (Phi) is 4.36. The summed E-state index contributed by atoms with van der Waals surface area (Å²) in [6.07, 6.45) is 3.64. The molecule has 1 heterocycles. The topological polar surface area (TPSA) is 81.6 Å². The second kappa shape index (κ2) is 5.80. The van der Waals surface area contributed by atoms with Crippen LogP contribution in [-0.2, 0) is 4.79 Å². The van der Waals surface area contributed by atoms with Crippen LogP contribution in [0.15, 0.2) is 0 Å². The zero-order valence-electron chi connectivity index (χ0n) is 10.1. The average Bonchev–Trinajstić information content (AvgIpc) is 2.75. The van der Waals surface area contributed by atoms with E-state index in [4.69, 9.17) is 0 Å². The molecule has 0 spiro atoms. The van der Waals surface area contributed by atoms with E-state index in [2.05, 4.69) is 10.6 Å². The van der Waals surface area contributed by atoms with Gasteiger partial charge < -0.3 is 20.8 Å². The van der Waals surface area contributed by atoms with Crippen molar-refractivity contribution in [3.05, 3.63) is 0 Å². The molecule has 1 aliphatic carbocycles. The van der Waals surface area contributed by atoms with Gasteiger partial charge >= 0.3 is 0 Å². The van der Waals surface area contributed by atoms with Crippen molar-refractivity contribution in [1.29, 1.82) is 0 Å². The van der Waals surface area contributed by atoms with Gasteiger partial charge in [0.1, 0.15) is 0 Å². The molecule has 1 amide bonds. The van der Waals surface area contributed by atoms with Gasteiger partial charge in [0.25, 0.3) is 0 Å². The Balaban J connectivity index is 1.66. The summed E-state index contributed by atoms with van der Waals surface area (Å²) >= 11 is 0. The minimum Gasteiger partial charge on any atom is -0.393 e. The third-order valence-corrected chi connectivity index (χ3v) is 3.81. The van der Waals surface area contributed by atoms with Gasteiger partial charge in [-0.2, -0.15) is 0 Å². The SMILES string of the molecule is O=C(NCC1CCC(O)CC1)C1CC(O)CN1. The number of hydrogen-bond donors (Lipinski definition) is 4. The van der Waals surface area contributed by atoms with Crippen LogP contribution >= 0.6 is 0 Å². The number of aliphatic hydroxyl groups excluding tert-OH is 2. The molecule has 0 aromatic carbocycles. The van der Waals surface area contributed by atoms with Crippen LogP contribution in [0.5, 0.6) is 0 Å². The number of rotatable bonds is 3. The van der Waals surface area contributed by atoms with E-state index >= 15 is 0 Å². The summed E-state index contributed by atoms with van der Waals surface area (Å²) in [6.45, 7) is 1.20. The van der Waals surface area contributed by atoms with Crippen LogP contribution < -0.4 is 10.6 Å². The maximum atomic E-state index is 11.8. The standard InChI is InChI=1S/C12H22N2O3/c15-9-3-1-8(2-4-9)6-14-12(17)11-5-10(16)7-13-11/h8-11,13,15-16H,1-7H2,(H,14,17). The number of aliphatic hydroxyl groups is 2. The van der Waals surface area contributed by atoms with E-state index in [-0.39, 0.29) is 18.1 Å². The van der Waals surface area contributed by atoms with Gasteiger partial charge in [0.15, 0.2) is 0 Å². The fraction of sp³-hybridized carbons (Fsp3) is 0.917. The first-order valence-corrected chi connectivity index (χ1v) is 6.52. The zero-order valence-corrected chi connectivity index (χ0v) is 10.1. The largest absolute Gasteiger partial charge is 0.393 e. The molecule has 4 N–H and O–H groups in total. The summed E-state index contributed by atoms with van der Waals surface area (Å²) < 4.78 is 0. The van der Waals surface area contributed by atoms with Crippen LogP contribution in [-0.4, -0.2) is 47.5 Å². The number of hydrogen-bond acceptors (Lipinski definition) is 4. The monoisotopic (exact) mass is 242 g/mol. The molecule has 0 aromatic rings. The Morgan fingerprint density at radius 1 is 1.18 bits per heavy atom. The lowest BCUT2D eigenvalue weighted by Gasteiger charge is -2.25. The van der Waals surface area contributed by atoms with Gasteiger partial charge in [0, 0.05) is 13.1 Å². The molecule has 0 radical (unpaired) electrons. The van der Waals surface area contributed by atoms with Crippen LogP contribution in [0.25, 0.3) is 0 Å². The van der Waals surface area contributed by atoms with E-state index in [1.54, 1.807) is 0 Å². The Bertz CT molecular complexity index is 264. The Morgan fingerprint density at radius 2 is 1.88 bits per heavy atom. The zero-order chi connectivity index (χ0) is 12.3. The van der Waals surface area contributed by atoms with Crippen LogP contribution in [0.1, 0.15) is 32.1 Å². The fourth-order valence-electron chi connectivity index (χ4n) is 2.63. The van der Waals surface area contributed by atoms with Gasteiger partial charge in [0.05, 0.1) is 18.2 Å². The summed E-state index contributed by atoms with van der Waals surface area (Å²) in [5.41, 5.74) is 0. The lowest BCUT2D eigenvalue weighted by atomic mass is 9.87. The predicted molar refractivity (Wildman–Crippen MR) is 63.4 cm³/mol. The molecule has 1 saturated heterocycles. The smallest absolute Gasteiger partial charge is 0.237 e. The van der Waals surface area contributed by atoms with Crippen molar-refractivity contribution in [3.8, 4) is 0 Å². The molecule has 17 heavy (non-hydrogen) atoms. The molecule has 2 rings (SSSR count). The fourth-order valence-corrected chi connectivity index (χ4v) is 2.63. The van der Waals surface area contributed by atoms with Crippen LogP contribution in [0, 0.1) is 5.92 Å². The molecule has 1 aliphatic heterocycles. The third-order valence-electron chi connectivity index (χ3n) is 3.81. The second-order valence-electron chi connectivity index (χ2n) is 5.27. The highest BCUT2D eigenvalue weighted by atomic mass is 16.3. The highest BCUT2D eigenvalue weighted by Gasteiger charge is 2.28. The van der Waals surface area contributed by atoms with Gasteiger partial charge in [-0.25, -0.2) is 0 Å². The van der Waals surface area contributed by atoms with Crippen LogP contribution in [0.2, 0.25) is 0 Å². The Morgan fingerprint density at radius 3 is 2.47 bits per heavy atom. The first-order valence-electron chi connectivity index (χ1n) is 6.52. The maximum absolute atomic E-state index is 11.8. The molecular formula is C12H22N2O3. The van der Waals surface area contributed by atoms with Crippen molar-refractivity contribution in [2.45, 2.75) is 50.4 Å². The number of β-amino-alcohol motifs (C(OH)–C–C–N with tert-alkyl or cyclic N) is 1. The lowest BCUT2D eigenvalue weighted by Crippen LogP contribution is -2.42. The minimum absolute atomic E-state index is 0.00679. The summed E-state index contributed by atoms with van der Waals surface area (Å²) in [5, 5.41) is 24.6. The highest BCUT2D eigenvalue weighted by molar-refractivity contribution is 5.82. The predicted octanol–water partition coefficient (Wildman–Crippen LogP) is -0.624. The first-order chi connectivity index (χ1) is 8.15. The number of carbonyl (C=O) groups is 1. The molecular weight excluding hydrogens is 220 g/mol. The molecule has 98 valence electrons. The van der Waals surface area contributed by atoms with Gasteiger partial charge in [0.2, 0.25) is 5.91 Å². The molecule has 1 saturated carbocycles. The Hall–Kier alpha value is -0.650. The first kappa shape index (κ1) is 12.8. The molecule has 0 bridgehead atoms. The van der Waals surface area contributed by atoms with Crippen LogP contribution in [0.4, 0.5) is 0 Å². The third kappa shape index (κ3) is 3.66. The summed E-state index contributed by atoms with van der Waals surface area (Å²) in [4.78, 5) is 11.8. The van der Waals surface area contributed by atoms with Crippen molar-refractivity contribution in [1.82, 2.24) is 10.6 Å². The molecule has 2 aliphatic rings. The van der Waals surface area contributed by atoms with Gasteiger partial charge in [-0.15, -0.1) is 0 Å². The normalized spacial score (nSPS) is 38.0. The summed E-state index contributed by atoms with van der Waals surface area (Å²) in [6, 6.07) is -0.237. The summed E-state index contributed by atoms with van der Waals surface area (Å²) in [5.74, 6) is 0.487. The van der Waals surface area contributed by atoms with Gasteiger partial charge in [-0.1, -0.05) is 0 Å². The maximum Gasteiger partial charge on any atom is 0.237 e. The number of amides is 1. The lowest BCUT2D eigenvalue weighted by molar-refractivity contribution is -0.123. The Labute approximate surface area is 102 Å². The van der Waals surface area contributed by atoms with Gasteiger partial charge in [-0.3, -0.25) is 4.79 Å². The molecule has 2 fully saturated rings. The van der Waals surface area contributed by atoms with E-state index in [9.17, 15) is 15.0 Å². The van der Waals surface area contributed by atoms with Crippen molar-refractivity contribution in [2.24, 2.45) is 5.92 Å². The van der Waals surface area contributed by atoms with E-state index in [1.807, 2.05) is 0 Å². The molecule has 2 unspecified atom stereocenters. The van der Waals surface area contributed by atoms with Crippen molar-refractivity contribution in [2.75, 3.05) is 13.1 Å². The van der Waals surface area contributed by atoms with E-state index < -0.39 is 6.10 Å². The molecule has 5 heteroatoms. The van der Waals surface area contributed by atoms with E-state index in [0.717, 1.165) is 25.7 Å². The second-order valence-corrected chi connectivity index (χ2v) is 5.27. The number of carbonyl (C=O) groups excluding carboxylic acids is 1. The molecule has 2 atom stereocenters. The van der Waals surface area contributed by atoms with Crippen molar-refractivity contribution >= 4 is 5.91 Å². The van der Waals surface area contributed by atoms with Crippen molar-refractivity contribution in [3.63, 3.8) is 0 Å². The van der Waals surface area contributed by atoms with E-state index in [0.29, 0.717) is 25.4 Å². The number of nitrogens with one attached hydrogen (secondary N) is 2. The average molecular weight is 242 g/mol. The molecule has 5 nitrogen and oxygen atoms in total. The van der Waals surface area contributed by atoms with Gasteiger partial charge in [-0.05, 0) is 38.0 Å². The van der Waals surface area contributed by atoms with Crippen LogP contribution in [0.3, 0.4) is 0 Å². The quantitative estimate of drug-likeness (QED) is 0.531. The molecule has 0 aromatic heterocycles. The van der Waals surface area contributed by atoms with E-state index in [1.165, 1.54) is 0 Å². The highest BCUT2D eigenvalue weighted by Crippen LogP contribution is 2.23. The minimum atomic E-state index is -0.393. The van der Waals surface area contributed by atoms with Crippen molar-refractivity contribution < 1.29 is 15.0 Å². The summed E-state index contributed by atoms with van der Waals surface area (Å²) in [7, 11) is 0.